The Labute approximate surface area is 195 Å². The third kappa shape index (κ3) is 5.21. The number of β-amino-alcohol motifs (C(OH)–C–C–N with tert-alkyl or cyclic N) is 1. The normalized spacial score (nSPS) is 27.5. The number of primary amides is 1. The van der Waals surface area contributed by atoms with E-state index in [1.54, 1.807) is 0 Å². The summed E-state index contributed by atoms with van der Waals surface area (Å²) >= 11 is 0. The summed E-state index contributed by atoms with van der Waals surface area (Å²) in [6.07, 6.45) is -2.00. The van der Waals surface area contributed by atoms with Crippen molar-refractivity contribution in [2.24, 2.45) is 5.73 Å². The predicted molar refractivity (Wildman–Crippen MR) is 128 cm³/mol. The summed E-state index contributed by atoms with van der Waals surface area (Å²) in [7, 11) is 3.91. The molecule has 33 heavy (non-hydrogen) atoms. The van der Waals surface area contributed by atoms with Crippen LogP contribution in [0.4, 0.5) is 4.79 Å². The molecule has 2 fully saturated rings. The van der Waals surface area contributed by atoms with Gasteiger partial charge in [-0.05, 0) is 43.9 Å². The fourth-order valence-corrected chi connectivity index (χ4v) is 4.85. The maximum Gasteiger partial charge on any atom is 0.314 e. The van der Waals surface area contributed by atoms with E-state index in [0.29, 0.717) is 13.1 Å². The van der Waals surface area contributed by atoms with Crippen molar-refractivity contribution in [2.75, 3.05) is 40.3 Å². The Morgan fingerprint density at radius 1 is 1.00 bits per heavy atom. The standard InChI is InChI=1S/C26H32N4O3/c1-28(2)15-23-25(32)24(31)17-29(26(27)33)16-22-21(14-30(22)23)20-12-10-19(11-13-20)9-8-18-6-4-3-5-7-18/h3-7,10-13,21-25,31-32H,14-17H2,1-2H3,(H2,27,33). The van der Waals surface area contributed by atoms with Crippen molar-refractivity contribution in [3.05, 3.63) is 71.3 Å². The van der Waals surface area contributed by atoms with Crippen LogP contribution in [0.25, 0.3) is 0 Å². The monoisotopic (exact) mass is 448 g/mol. The van der Waals surface area contributed by atoms with E-state index in [1.165, 1.54) is 10.5 Å². The number of carbonyl (C=O) groups is 1. The molecule has 2 saturated heterocycles. The van der Waals surface area contributed by atoms with Crippen LogP contribution < -0.4 is 5.73 Å². The molecule has 2 aliphatic rings. The molecule has 0 aliphatic carbocycles. The van der Waals surface area contributed by atoms with Gasteiger partial charge in [0.25, 0.3) is 0 Å². The molecule has 2 aromatic carbocycles. The molecule has 5 atom stereocenters. The number of amides is 2. The smallest absolute Gasteiger partial charge is 0.314 e. The molecule has 4 rings (SSSR count). The number of likely N-dealkylation sites (N-methyl/N-ethyl adjacent to an activating group) is 1. The van der Waals surface area contributed by atoms with Crippen molar-refractivity contribution >= 4 is 6.03 Å². The largest absolute Gasteiger partial charge is 0.389 e. The van der Waals surface area contributed by atoms with Crippen LogP contribution in [0.15, 0.2) is 54.6 Å². The van der Waals surface area contributed by atoms with Gasteiger partial charge in [0.05, 0.1) is 24.8 Å². The number of hydrogen-bond acceptors (Lipinski definition) is 5. The number of aliphatic hydroxyl groups excluding tert-OH is 2. The second kappa shape index (κ2) is 9.94. The lowest BCUT2D eigenvalue weighted by Crippen LogP contribution is -2.71. The number of urea groups is 1. The lowest BCUT2D eigenvalue weighted by molar-refractivity contribution is -0.115. The molecule has 5 unspecified atom stereocenters. The third-order valence-corrected chi connectivity index (χ3v) is 6.65. The SMILES string of the molecule is CN(C)CC1C(O)C(O)CN(C(N)=O)CC2C(c3ccc(C#Cc4ccccc4)cc3)CN21. The number of fused-ring (bicyclic) bond motifs is 1. The summed E-state index contributed by atoms with van der Waals surface area (Å²) in [5.41, 5.74) is 8.67. The summed E-state index contributed by atoms with van der Waals surface area (Å²) in [5, 5.41) is 21.3. The van der Waals surface area contributed by atoms with Gasteiger partial charge in [0.15, 0.2) is 0 Å². The van der Waals surface area contributed by atoms with Crippen molar-refractivity contribution in [3.63, 3.8) is 0 Å². The van der Waals surface area contributed by atoms with Crippen LogP contribution in [0.5, 0.6) is 0 Å². The second-order valence-corrected chi connectivity index (χ2v) is 9.24. The maximum atomic E-state index is 12.0. The van der Waals surface area contributed by atoms with E-state index >= 15 is 0 Å². The lowest BCUT2D eigenvalue weighted by atomic mass is 9.78. The molecule has 2 heterocycles. The van der Waals surface area contributed by atoms with E-state index in [2.05, 4.69) is 28.9 Å². The van der Waals surface area contributed by atoms with Crippen LogP contribution in [0.1, 0.15) is 22.6 Å². The van der Waals surface area contributed by atoms with E-state index in [4.69, 9.17) is 5.73 Å². The van der Waals surface area contributed by atoms with Crippen molar-refractivity contribution in [1.29, 1.82) is 0 Å². The molecule has 2 amide bonds. The van der Waals surface area contributed by atoms with Crippen LogP contribution >= 0.6 is 0 Å². The van der Waals surface area contributed by atoms with E-state index in [-0.39, 0.29) is 24.5 Å². The van der Waals surface area contributed by atoms with Gasteiger partial charge in [-0.25, -0.2) is 4.79 Å². The first kappa shape index (κ1) is 23.3. The van der Waals surface area contributed by atoms with Gasteiger partial charge in [0, 0.05) is 42.7 Å². The van der Waals surface area contributed by atoms with Gasteiger partial charge in [-0.1, -0.05) is 42.2 Å². The Morgan fingerprint density at radius 2 is 1.64 bits per heavy atom. The molecule has 174 valence electrons. The molecule has 0 radical (unpaired) electrons. The zero-order valence-electron chi connectivity index (χ0n) is 19.1. The highest BCUT2D eigenvalue weighted by molar-refractivity contribution is 5.72. The third-order valence-electron chi connectivity index (χ3n) is 6.65. The predicted octanol–water partition coefficient (Wildman–Crippen LogP) is 0.901. The molecule has 7 nitrogen and oxygen atoms in total. The lowest BCUT2D eigenvalue weighted by Gasteiger charge is -2.56. The number of rotatable bonds is 3. The van der Waals surface area contributed by atoms with Gasteiger partial charge in [0.2, 0.25) is 0 Å². The van der Waals surface area contributed by atoms with Gasteiger partial charge >= 0.3 is 6.03 Å². The fraction of sp³-hybridized carbons (Fsp3) is 0.423. The summed E-state index contributed by atoms with van der Waals surface area (Å²) in [4.78, 5) is 17.7. The zero-order valence-corrected chi connectivity index (χ0v) is 19.1. The van der Waals surface area contributed by atoms with Gasteiger partial charge in [-0.15, -0.1) is 0 Å². The van der Waals surface area contributed by atoms with Crippen LogP contribution in [-0.2, 0) is 0 Å². The van der Waals surface area contributed by atoms with Crippen molar-refractivity contribution < 1.29 is 15.0 Å². The zero-order chi connectivity index (χ0) is 23.5. The van der Waals surface area contributed by atoms with Gasteiger partial charge in [-0.3, -0.25) is 4.90 Å². The van der Waals surface area contributed by atoms with Gasteiger partial charge in [-0.2, -0.15) is 0 Å². The van der Waals surface area contributed by atoms with E-state index in [9.17, 15) is 15.0 Å². The number of nitrogens with zero attached hydrogens (tertiary/aromatic N) is 3. The molecule has 0 saturated carbocycles. The molecule has 0 spiro atoms. The van der Waals surface area contributed by atoms with Crippen LogP contribution in [0.2, 0.25) is 0 Å². The van der Waals surface area contributed by atoms with Gasteiger partial charge in [0.1, 0.15) is 0 Å². The Hall–Kier alpha value is -2.89. The molecule has 7 heteroatoms. The average molecular weight is 449 g/mol. The minimum atomic E-state index is -1.04. The van der Waals surface area contributed by atoms with Crippen LogP contribution in [0.3, 0.4) is 0 Å². The highest BCUT2D eigenvalue weighted by atomic mass is 16.3. The minimum absolute atomic E-state index is 0.0193. The highest BCUT2D eigenvalue weighted by Crippen LogP contribution is 2.38. The van der Waals surface area contributed by atoms with Crippen molar-refractivity contribution in [3.8, 4) is 11.8 Å². The number of benzene rings is 2. The summed E-state index contributed by atoms with van der Waals surface area (Å²) in [6, 6.07) is 17.3. The molecular formula is C26H32N4O3. The molecular weight excluding hydrogens is 416 g/mol. The second-order valence-electron chi connectivity index (χ2n) is 9.24. The maximum absolute atomic E-state index is 12.0. The van der Waals surface area contributed by atoms with E-state index in [1.807, 2.05) is 61.5 Å². The van der Waals surface area contributed by atoms with Crippen LogP contribution in [-0.4, -0.2) is 95.5 Å². The molecule has 2 aromatic rings. The van der Waals surface area contributed by atoms with Crippen LogP contribution in [0, 0.1) is 11.8 Å². The topological polar surface area (TPSA) is 93.3 Å². The first-order valence-electron chi connectivity index (χ1n) is 11.3. The fourth-order valence-electron chi connectivity index (χ4n) is 4.85. The molecule has 0 aromatic heterocycles. The highest BCUT2D eigenvalue weighted by Gasteiger charge is 2.49. The Bertz CT molecular complexity index is 1020. The molecule has 2 aliphatic heterocycles. The summed E-state index contributed by atoms with van der Waals surface area (Å²) in [6.45, 7) is 1.81. The average Bonchev–Trinajstić information content (AvgIpc) is 2.79. The van der Waals surface area contributed by atoms with E-state index in [0.717, 1.165) is 17.7 Å². The Kier molecular flexibility index (Phi) is 7.01. The number of carbonyl (C=O) groups excluding carboxylic acids is 1. The Balaban J connectivity index is 1.54. The van der Waals surface area contributed by atoms with E-state index < -0.39 is 18.2 Å². The summed E-state index contributed by atoms with van der Waals surface area (Å²) < 4.78 is 0. The van der Waals surface area contributed by atoms with Gasteiger partial charge < -0.3 is 25.7 Å². The van der Waals surface area contributed by atoms with Crippen molar-refractivity contribution in [1.82, 2.24) is 14.7 Å². The summed E-state index contributed by atoms with van der Waals surface area (Å²) in [5.74, 6) is 6.58. The molecule has 0 bridgehead atoms. The number of hydrogen-bond donors (Lipinski definition) is 3. The number of nitrogens with two attached hydrogens (primary N) is 1. The number of aliphatic hydroxyl groups is 2. The first-order valence-corrected chi connectivity index (χ1v) is 11.3. The Morgan fingerprint density at radius 3 is 2.24 bits per heavy atom. The van der Waals surface area contributed by atoms with Crippen molar-refractivity contribution in [2.45, 2.75) is 30.2 Å². The quantitative estimate of drug-likeness (QED) is 0.607. The minimum Gasteiger partial charge on any atom is -0.389 e. The molecule has 4 N–H and O–H groups in total. The first-order chi connectivity index (χ1) is 15.8.